The number of aliphatic hydroxyl groups is 1. The Morgan fingerprint density at radius 2 is 2.23 bits per heavy atom. The number of aryl methyl sites for hydroxylation is 1. The van der Waals surface area contributed by atoms with Gasteiger partial charge in [0, 0.05) is 26.7 Å². The third kappa shape index (κ3) is 3.05. The number of fused-ring (bicyclic) bond motifs is 1. The Labute approximate surface area is 130 Å². The van der Waals surface area contributed by atoms with Crippen LogP contribution < -0.4 is 10.2 Å². The monoisotopic (exact) mass is 304 g/mol. The average Bonchev–Trinajstić information content (AvgIpc) is 2.92. The molecule has 120 valence electrons. The van der Waals surface area contributed by atoms with Crippen molar-refractivity contribution in [1.29, 1.82) is 0 Å². The van der Waals surface area contributed by atoms with Crippen LogP contribution in [-0.4, -0.2) is 57.4 Å². The van der Waals surface area contributed by atoms with Crippen LogP contribution in [0.2, 0.25) is 0 Å². The standard InChI is InChI=1S/C15H24N6O/c1-20(2)14-13-15(18-9-17-14)21(10-19-13)8-4-5-11-12(22)6-3-7-16-11/h9-12,16,22H,3-8H2,1-2H3. The van der Waals surface area contributed by atoms with Gasteiger partial charge in [-0.15, -0.1) is 0 Å². The van der Waals surface area contributed by atoms with Crippen LogP contribution in [0.4, 0.5) is 5.82 Å². The number of hydrogen-bond acceptors (Lipinski definition) is 6. The first-order valence-corrected chi connectivity index (χ1v) is 7.91. The Balaban J connectivity index is 1.66. The van der Waals surface area contributed by atoms with Gasteiger partial charge in [0.15, 0.2) is 17.0 Å². The summed E-state index contributed by atoms with van der Waals surface area (Å²) in [6.45, 7) is 1.86. The number of aromatic nitrogens is 4. The van der Waals surface area contributed by atoms with Gasteiger partial charge >= 0.3 is 0 Å². The minimum atomic E-state index is -0.212. The molecule has 0 aliphatic carbocycles. The van der Waals surface area contributed by atoms with Gasteiger partial charge in [-0.2, -0.15) is 0 Å². The van der Waals surface area contributed by atoms with Crippen molar-refractivity contribution in [3.63, 3.8) is 0 Å². The zero-order valence-electron chi connectivity index (χ0n) is 13.2. The maximum absolute atomic E-state index is 9.99. The van der Waals surface area contributed by atoms with Crippen molar-refractivity contribution in [2.75, 3.05) is 25.5 Å². The van der Waals surface area contributed by atoms with E-state index in [4.69, 9.17) is 0 Å². The van der Waals surface area contributed by atoms with Crippen molar-refractivity contribution in [2.24, 2.45) is 0 Å². The van der Waals surface area contributed by atoms with Crippen LogP contribution >= 0.6 is 0 Å². The fraction of sp³-hybridized carbons (Fsp3) is 0.667. The SMILES string of the molecule is CN(C)c1ncnc2c1ncn2CCCC1NCCCC1O. The molecule has 7 nitrogen and oxygen atoms in total. The van der Waals surface area contributed by atoms with Crippen molar-refractivity contribution in [3.8, 4) is 0 Å². The van der Waals surface area contributed by atoms with E-state index in [-0.39, 0.29) is 12.1 Å². The predicted octanol–water partition coefficient (Wildman–Crippen LogP) is 0.785. The second kappa shape index (κ2) is 6.58. The molecule has 1 saturated heterocycles. The van der Waals surface area contributed by atoms with Crippen LogP contribution in [0.25, 0.3) is 11.2 Å². The molecule has 2 aromatic heterocycles. The van der Waals surface area contributed by atoms with E-state index < -0.39 is 0 Å². The molecule has 0 bridgehead atoms. The number of imidazole rings is 1. The number of nitrogens with zero attached hydrogens (tertiary/aromatic N) is 5. The van der Waals surface area contributed by atoms with Gasteiger partial charge in [-0.25, -0.2) is 15.0 Å². The van der Waals surface area contributed by atoms with Gasteiger partial charge in [-0.3, -0.25) is 0 Å². The minimum absolute atomic E-state index is 0.212. The lowest BCUT2D eigenvalue weighted by Crippen LogP contribution is -2.44. The highest BCUT2D eigenvalue weighted by molar-refractivity contribution is 5.82. The Kier molecular flexibility index (Phi) is 4.54. The molecule has 2 aromatic rings. The number of piperidine rings is 1. The number of rotatable bonds is 5. The summed E-state index contributed by atoms with van der Waals surface area (Å²) in [5, 5.41) is 13.4. The molecule has 0 radical (unpaired) electrons. The minimum Gasteiger partial charge on any atom is -0.392 e. The number of nitrogens with one attached hydrogen (secondary N) is 1. The van der Waals surface area contributed by atoms with Crippen LogP contribution in [0, 0.1) is 0 Å². The lowest BCUT2D eigenvalue weighted by Gasteiger charge is -2.28. The fourth-order valence-corrected chi connectivity index (χ4v) is 3.07. The highest BCUT2D eigenvalue weighted by Gasteiger charge is 2.21. The quantitative estimate of drug-likeness (QED) is 0.850. The third-order valence-corrected chi connectivity index (χ3v) is 4.27. The van der Waals surface area contributed by atoms with Gasteiger partial charge in [0.25, 0.3) is 0 Å². The molecule has 0 spiro atoms. The molecule has 0 aromatic carbocycles. The second-order valence-electron chi connectivity index (χ2n) is 6.11. The summed E-state index contributed by atoms with van der Waals surface area (Å²) in [6.07, 6.45) is 7.13. The van der Waals surface area contributed by atoms with Crippen LogP contribution in [0.5, 0.6) is 0 Å². The largest absolute Gasteiger partial charge is 0.392 e. The highest BCUT2D eigenvalue weighted by atomic mass is 16.3. The Morgan fingerprint density at radius 3 is 3.00 bits per heavy atom. The van der Waals surface area contributed by atoms with E-state index in [1.165, 1.54) is 0 Å². The Bertz CT molecular complexity index is 626. The van der Waals surface area contributed by atoms with E-state index in [1.807, 2.05) is 25.3 Å². The first-order valence-electron chi connectivity index (χ1n) is 7.91. The van der Waals surface area contributed by atoms with E-state index in [2.05, 4.69) is 24.8 Å². The molecule has 7 heteroatoms. The van der Waals surface area contributed by atoms with Crippen molar-refractivity contribution < 1.29 is 5.11 Å². The first kappa shape index (κ1) is 15.2. The van der Waals surface area contributed by atoms with E-state index in [0.29, 0.717) is 0 Å². The maximum atomic E-state index is 9.99. The predicted molar refractivity (Wildman–Crippen MR) is 85.9 cm³/mol. The van der Waals surface area contributed by atoms with Gasteiger partial charge < -0.3 is 19.9 Å². The number of aliphatic hydroxyl groups excluding tert-OH is 1. The smallest absolute Gasteiger partial charge is 0.165 e. The fourth-order valence-electron chi connectivity index (χ4n) is 3.07. The van der Waals surface area contributed by atoms with Crippen molar-refractivity contribution in [3.05, 3.63) is 12.7 Å². The molecular weight excluding hydrogens is 280 g/mol. The average molecular weight is 304 g/mol. The van der Waals surface area contributed by atoms with Gasteiger partial charge in [0.2, 0.25) is 0 Å². The molecule has 0 saturated carbocycles. The van der Waals surface area contributed by atoms with Gasteiger partial charge in [0.05, 0.1) is 12.4 Å². The molecule has 3 heterocycles. The van der Waals surface area contributed by atoms with E-state index in [0.717, 1.165) is 55.8 Å². The van der Waals surface area contributed by atoms with Crippen LogP contribution in [0.15, 0.2) is 12.7 Å². The summed E-state index contributed by atoms with van der Waals surface area (Å²) in [5.41, 5.74) is 1.71. The van der Waals surface area contributed by atoms with E-state index >= 15 is 0 Å². The van der Waals surface area contributed by atoms with Crippen LogP contribution in [0.1, 0.15) is 25.7 Å². The van der Waals surface area contributed by atoms with Gasteiger partial charge in [-0.05, 0) is 32.2 Å². The van der Waals surface area contributed by atoms with Gasteiger partial charge in [0.1, 0.15) is 6.33 Å². The number of anilines is 1. The zero-order valence-corrected chi connectivity index (χ0v) is 13.2. The summed E-state index contributed by atoms with van der Waals surface area (Å²) in [5.74, 6) is 0.841. The maximum Gasteiger partial charge on any atom is 0.165 e. The normalized spacial score (nSPS) is 22.1. The van der Waals surface area contributed by atoms with Crippen molar-refractivity contribution in [1.82, 2.24) is 24.8 Å². The topological polar surface area (TPSA) is 79.1 Å². The van der Waals surface area contributed by atoms with Crippen LogP contribution in [0.3, 0.4) is 0 Å². The molecule has 2 unspecified atom stereocenters. The first-order chi connectivity index (χ1) is 10.7. The molecule has 2 atom stereocenters. The summed E-state index contributed by atoms with van der Waals surface area (Å²) >= 11 is 0. The third-order valence-electron chi connectivity index (χ3n) is 4.27. The summed E-state index contributed by atoms with van der Waals surface area (Å²) in [4.78, 5) is 15.0. The molecule has 1 aliphatic rings. The summed E-state index contributed by atoms with van der Waals surface area (Å²) < 4.78 is 2.07. The summed E-state index contributed by atoms with van der Waals surface area (Å²) in [6, 6.07) is 0.218. The zero-order chi connectivity index (χ0) is 15.5. The lowest BCUT2D eigenvalue weighted by atomic mass is 9.97. The molecule has 22 heavy (non-hydrogen) atoms. The van der Waals surface area contributed by atoms with Crippen molar-refractivity contribution in [2.45, 2.75) is 44.4 Å². The molecule has 0 amide bonds. The Morgan fingerprint density at radius 1 is 1.36 bits per heavy atom. The molecular formula is C15H24N6O. The van der Waals surface area contributed by atoms with Gasteiger partial charge in [-0.1, -0.05) is 0 Å². The second-order valence-corrected chi connectivity index (χ2v) is 6.11. The van der Waals surface area contributed by atoms with Crippen molar-refractivity contribution >= 4 is 17.0 Å². The molecule has 2 N–H and O–H groups in total. The molecule has 1 aliphatic heterocycles. The van der Waals surface area contributed by atoms with E-state index in [9.17, 15) is 5.11 Å². The molecule has 1 fully saturated rings. The highest BCUT2D eigenvalue weighted by Crippen LogP contribution is 2.20. The van der Waals surface area contributed by atoms with E-state index in [1.54, 1.807) is 6.33 Å². The number of hydrogen-bond donors (Lipinski definition) is 2. The van der Waals surface area contributed by atoms with Crippen LogP contribution in [-0.2, 0) is 6.54 Å². The molecule has 3 rings (SSSR count). The summed E-state index contributed by atoms with van der Waals surface area (Å²) in [7, 11) is 3.91. The Hall–Kier alpha value is -1.73. The lowest BCUT2D eigenvalue weighted by molar-refractivity contribution is 0.0909.